The Hall–Kier alpha value is -0.900. The lowest BCUT2D eigenvalue weighted by atomic mass is 9.81. The summed E-state index contributed by atoms with van der Waals surface area (Å²) in [5.41, 5.74) is 1.24. The van der Waals surface area contributed by atoms with Crippen LogP contribution in [0, 0.1) is 17.7 Å². The molecule has 0 spiro atoms. The molecule has 0 aromatic heterocycles. The molecular formula is C20H33FIN3O2S. The van der Waals surface area contributed by atoms with Crippen LogP contribution in [0.2, 0.25) is 0 Å². The second-order valence-corrected chi connectivity index (χ2v) is 9.72. The van der Waals surface area contributed by atoms with Gasteiger partial charge in [-0.3, -0.25) is 4.99 Å². The number of guanidine groups is 1. The van der Waals surface area contributed by atoms with E-state index >= 15 is 0 Å². The van der Waals surface area contributed by atoms with Crippen LogP contribution >= 0.6 is 24.0 Å². The van der Waals surface area contributed by atoms with Gasteiger partial charge in [-0.05, 0) is 47.9 Å². The number of nitrogens with one attached hydrogen (secondary N) is 2. The van der Waals surface area contributed by atoms with Crippen LogP contribution in [0.1, 0.15) is 50.2 Å². The maximum atomic E-state index is 13.6. The van der Waals surface area contributed by atoms with E-state index in [0.29, 0.717) is 29.5 Å². The molecule has 5 nitrogen and oxygen atoms in total. The summed E-state index contributed by atoms with van der Waals surface area (Å²) in [7, 11) is -1.48. The number of nitrogens with zero attached hydrogens (tertiary/aromatic N) is 1. The molecular weight excluding hydrogens is 492 g/mol. The molecule has 0 atom stereocenters. The van der Waals surface area contributed by atoms with Crippen molar-refractivity contribution >= 4 is 39.8 Å². The van der Waals surface area contributed by atoms with E-state index < -0.39 is 9.84 Å². The van der Waals surface area contributed by atoms with Gasteiger partial charge in [0.25, 0.3) is 0 Å². The Morgan fingerprint density at radius 3 is 2.36 bits per heavy atom. The molecule has 1 aliphatic rings. The van der Waals surface area contributed by atoms with Crippen LogP contribution in [0.15, 0.2) is 23.2 Å². The molecule has 160 valence electrons. The highest BCUT2D eigenvalue weighted by Crippen LogP contribution is 2.30. The number of hydrogen-bond donors (Lipinski definition) is 2. The highest BCUT2D eigenvalue weighted by Gasteiger charge is 2.20. The minimum absolute atomic E-state index is 0. The van der Waals surface area contributed by atoms with Gasteiger partial charge in [-0.25, -0.2) is 12.8 Å². The van der Waals surface area contributed by atoms with Gasteiger partial charge in [-0.2, -0.15) is 0 Å². The van der Waals surface area contributed by atoms with Crippen LogP contribution in [-0.4, -0.2) is 34.2 Å². The number of rotatable bonds is 7. The standard InChI is InChI=1S/C20H32FN3O2S.HI/c1-4-15-5-7-16(8-6-15)12-23-20(22-2)24-13-18-11-19(21)10-9-17(18)14-27(3,25)26;/h9-11,15-16H,4-8,12-14H2,1-3H3,(H2,22,23,24);1H. The molecule has 0 aliphatic heterocycles. The van der Waals surface area contributed by atoms with Gasteiger partial charge < -0.3 is 10.6 Å². The summed E-state index contributed by atoms with van der Waals surface area (Å²) in [6.45, 7) is 3.46. The molecule has 0 amide bonds. The molecule has 0 heterocycles. The van der Waals surface area contributed by atoms with Crippen molar-refractivity contribution in [3.63, 3.8) is 0 Å². The van der Waals surface area contributed by atoms with Crippen LogP contribution in [-0.2, 0) is 22.1 Å². The minimum Gasteiger partial charge on any atom is -0.356 e. The normalized spacial score (nSPS) is 20.4. The van der Waals surface area contributed by atoms with Crippen LogP contribution < -0.4 is 10.6 Å². The summed E-state index contributed by atoms with van der Waals surface area (Å²) >= 11 is 0. The Morgan fingerprint density at radius 1 is 1.14 bits per heavy atom. The third kappa shape index (κ3) is 8.63. The summed E-state index contributed by atoms with van der Waals surface area (Å²) in [6.07, 6.45) is 7.53. The van der Waals surface area contributed by atoms with Crippen LogP contribution in [0.4, 0.5) is 4.39 Å². The molecule has 0 unspecified atom stereocenters. The predicted octanol–water partition coefficient (Wildman–Crippen LogP) is 3.87. The molecule has 0 saturated heterocycles. The molecule has 28 heavy (non-hydrogen) atoms. The number of sulfone groups is 1. The van der Waals surface area contributed by atoms with E-state index in [2.05, 4.69) is 22.5 Å². The molecule has 2 rings (SSSR count). The first-order valence-corrected chi connectivity index (χ1v) is 11.8. The summed E-state index contributed by atoms with van der Waals surface area (Å²) in [4.78, 5) is 4.23. The van der Waals surface area contributed by atoms with Gasteiger partial charge in [-0.1, -0.05) is 32.3 Å². The van der Waals surface area contributed by atoms with E-state index in [9.17, 15) is 12.8 Å². The van der Waals surface area contributed by atoms with Crippen molar-refractivity contribution in [1.29, 1.82) is 0 Å². The molecule has 1 saturated carbocycles. The summed E-state index contributed by atoms with van der Waals surface area (Å²) in [6, 6.07) is 4.21. The van der Waals surface area contributed by atoms with Gasteiger partial charge in [0.15, 0.2) is 15.8 Å². The van der Waals surface area contributed by atoms with Crippen LogP contribution in [0.5, 0.6) is 0 Å². The van der Waals surface area contributed by atoms with Gasteiger partial charge >= 0.3 is 0 Å². The molecule has 2 N–H and O–H groups in total. The molecule has 1 aromatic carbocycles. The van der Waals surface area contributed by atoms with Crippen molar-refractivity contribution in [1.82, 2.24) is 10.6 Å². The van der Waals surface area contributed by atoms with Crippen molar-refractivity contribution < 1.29 is 12.8 Å². The molecule has 1 aromatic rings. The third-order valence-electron chi connectivity index (χ3n) is 5.36. The fourth-order valence-corrected chi connectivity index (χ4v) is 4.51. The van der Waals surface area contributed by atoms with Crippen LogP contribution in [0.3, 0.4) is 0 Å². The Kier molecular flexibility index (Phi) is 10.7. The van der Waals surface area contributed by atoms with Crippen molar-refractivity contribution in [3.05, 3.63) is 35.1 Å². The lowest BCUT2D eigenvalue weighted by Gasteiger charge is -2.28. The summed E-state index contributed by atoms with van der Waals surface area (Å²) < 4.78 is 36.8. The second kappa shape index (κ2) is 11.9. The van der Waals surface area contributed by atoms with E-state index in [4.69, 9.17) is 0 Å². The number of hydrogen-bond acceptors (Lipinski definition) is 3. The Bertz CT molecular complexity index is 748. The average molecular weight is 525 g/mol. The third-order valence-corrected chi connectivity index (χ3v) is 6.19. The van der Waals surface area contributed by atoms with Gasteiger partial charge in [0.2, 0.25) is 0 Å². The van der Waals surface area contributed by atoms with Crippen molar-refractivity contribution in [3.8, 4) is 0 Å². The lowest BCUT2D eigenvalue weighted by Crippen LogP contribution is -2.40. The quantitative estimate of drug-likeness (QED) is 0.322. The second-order valence-electron chi connectivity index (χ2n) is 7.58. The number of aliphatic imine (C=N–C) groups is 1. The Morgan fingerprint density at radius 2 is 1.79 bits per heavy atom. The summed E-state index contributed by atoms with van der Waals surface area (Å²) in [5, 5.41) is 6.53. The summed E-state index contributed by atoms with van der Waals surface area (Å²) in [5.74, 6) is 1.71. The van der Waals surface area contributed by atoms with Crippen molar-refractivity contribution in [2.75, 3.05) is 19.8 Å². The highest BCUT2D eigenvalue weighted by molar-refractivity contribution is 14.0. The monoisotopic (exact) mass is 525 g/mol. The van der Waals surface area contributed by atoms with Gasteiger partial charge in [0.1, 0.15) is 5.82 Å². The van der Waals surface area contributed by atoms with Gasteiger partial charge in [0, 0.05) is 26.4 Å². The zero-order valence-electron chi connectivity index (χ0n) is 17.0. The van der Waals surface area contributed by atoms with Gasteiger partial charge in [-0.15, -0.1) is 24.0 Å². The first kappa shape index (κ1) is 25.1. The first-order valence-electron chi connectivity index (χ1n) is 9.70. The highest BCUT2D eigenvalue weighted by atomic mass is 127. The van der Waals surface area contributed by atoms with Crippen LogP contribution in [0.25, 0.3) is 0 Å². The predicted molar refractivity (Wildman–Crippen MR) is 124 cm³/mol. The fourth-order valence-electron chi connectivity index (χ4n) is 3.67. The fraction of sp³-hybridized carbons (Fsp3) is 0.650. The van der Waals surface area contributed by atoms with E-state index in [1.807, 2.05) is 0 Å². The molecule has 0 bridgehead atoms. The zero-order chi connectivity index (χ0) is 19.9. The van der Waals surface area contributed by atoms with E-state index in [-0.39, 0.29) is 35.5 Å². The number of halogens is 2. The molecule has 8 heteroatoms. The minimum atomic E-state index is -3.18. The first-order chi connectivity index (χ1) is 12.8. The van der Waals surface area contributed by atoms with E-state index in [1.54, 1.807) is 7.05 Å². The SMILES string of the molecule is CCC1CCC(CNC(=NC)NCc2cc(F)ccc2CS(C)(=O)=O)CC1.I. The van der Waals surface area contributed by atoms with Crippen molar-refractivity contribution in [2.45, 2.75) is 51.3 Å². The van der Waals surface area contributed by atoms with Crippen molar-refractivity contribution in [2.24, 2.45) is 16.8 Å². The van der Waals surface area contributed by atoms with E-state index in [1.165, 1.54) is 56.6 Å². The average Bonchev–Trinajstić information content (AvgIpc) is 2.63. The smallest absolute Gasteiger partial charge is 0.191 e. The Labute approximate surface area is 185 Å². The largest absolute Gasteiger partial charge is 0.356 e. The Balaban J connectivity index is 0.00000392. The zero-order valence-corrected chi connectivity index (χ0v) is 20.1. The van der Waals surface area contributed by atoms with E-state index in [0.717, 1.165) is 12.5 Å². The van der Waals surface area contributed by atoms with Gasteiger partial charge in [0.05, 0.1) is 5.75 Å². The lowest BCUT2D eigenvalue weighted by molar-refractivity contribution is 0.269. The number of benzene rings is 1. The maximum Gasteiger partial charge on any atom is 0.191 e. The molecule has 1 fully saturated rings. The maximum absolute atomic E-state index is 13.6. The molecule has 0 radical (unpaired) electrons. The topological polar surface area (TPSA) is 70.6 Å². The molecule has 1 aliphatic carbocycles.